The van der Waals surface area contributed by atoms with E-state index in [1.165, 1.54) is 7.11 Å². The van der Waals surface area contributed by atoms with Crippen LogP contribution in [0, 0.1) is 0 Å². The highest BCUT2D eigenvalue weighted by molar-refractivity contribution is 6.06. The molecule has 0 bridgehead atoms. The second-order valence-electron chi connectivity index (χ2n) is 9.17. The third-order valence-electron chi connectivity index (χ3n) is 6.49. The summed E-state index contributed by atoms with van der Waals surface area (Å²) in [6.45, 7) is 6.69. The van der Waals surface area contributed by atoms with Crippen molar-refractivity contribution in [2.75, 3.05) is 25.5 Å². The molecule has 3 amide bonds. The Morgan fingerprint density at radius 3 is 2.51 bits per heavy atom. The van der Waals surface area contributed by atoms with Crippen LogP contribution in [0.15, 0.2) is 36.7 Å². The molecule has 0 atom stereocenters. The molecule has 1 aromatic carbocycles. The number of carbonyl (C=O) groups excluding carboxylic acids is 2. The van der Waals surface area contributed by atoms with E-state index in [4.69, 9.17) is 4.74 Å². The Bertz CT molecular complexity index is 1260. The smallest absolute Gasteiger partial charge is 0.320 e. The molecule has 1 fully saturated rings. The third kappa shape index (κ3) is 4.43. The van der Waals surface area contributed by atoms with Gasteiger partial charge in [-0.15, -0.1) is 10.2 Å². The van der Waals surface area contributed by atoms with Crippen molar-refractivity contribution < 1.29 is 14.3 Å². The first kappa shape index (κ1) is 22.8. The lowest BCUT2D eigenvalue weighted by molar-refractivity contribution is 0.102. The molecule has 10 nitrogen and oxygen atoms in total. The molecule has 0 radical (unpaired) electrons. The number of ether oxygens (including phenoxy) is 1. The molecule has 182 valence electrons. The highest BCUT2D eigenvalue weighted by Crippen LogP contribution is 2.32. The lowest BCUT2D eigenvalue weighted by Gasteiger charge is -2.23. The van der Waals surface area contributed by atoms with Crippen LogP contribution in [0.4, 0.5) is 10.6 Å². The topological polar surface area (TPSA) is 105 Å². The van der Waals surface area contributed by atoms with Gasteiger partial charge >= 0.3 is 6.03 Å². The number of aromatic nitrogens is 4. The Balaban J connectivity index is 1.36. The quantitative estimate of drug-likeness (QED) is 0.603. The van der Waals surface area contributed by atoms with Gasteiger partial charge < -0.3 is 24.4 Å². The largest absolute Gasteiger partial charge is 0.496 e. The molecule has 1 saturated heterocycles. The monoisotopic (exact) mass is 475 g/mol. The third-order valence-corrected chi connectivity index (χ3v) is 6.49. The van der Waals surface area contributed by atoms with E-state index in [9.17, 15) is 9.59 Å². The molecule has 10 heteroatoms. The fourth-order valence-corrected chi connectivity index (χ4v) is 4.63. The van der Waals surface area contributed by atoms with Gasteiger partial charge in [-0.2, -0.15) is 0 Å². The molecular weight excluding hydrogens is 446 g/mol. The number of pyridine rings is 1. The van der Waals surface area contributed by atoms with E-state index in [1.54, 1.807) is 12.4 Å². The number of anilines is 1. The number of methoxy groups -OCH3 is 1. The number of hydrogen-bond acceptors (Lipinski definition) is 6. The molecule has 0 unspecified atom stereocenters. The lowest BCUT2D eigenvalue weighted by Crippen LogP contribution is -2.38. The van der Waals surface area contributed by atoms with E-state index in [-0.39, 0.29) is 18.0 Å². The van der Waals surface area contributed by atoms with Crippen molar-refractivity contribution in [3.05, 3.63) is 53.3 Å². The minimum Gasteiger partial charge on any atom is -0.496 e. The van der Waals surface area contributed by atoms with Gasteiger partial charge in [0.25, 0.3) is 5.91 Å². The predicted molar refractivity (Wildman–Crippen MR) is 130 cm³/mol. The maximum Gasteiger partial charge on any atom is 0.320 e. The van der Waals surface area contributed by atoms with Gasteiger partial charge in [0, 0.05) is 32.2 Å². The minimum atomic E-state index is -0.330. The number of benzene rings is 1. The fourth-order valence-electron chi connectivity index (χ4n) is 4.63. The highest BCUT2D eigenvalue weighted by atomic mass is 16.5. The summed E-state index contributed by atoms with van der Waals surface area (Å²) in [5.41, 5.74) is 2.97. The van der Waals surface area contributed by atoms with Crippen molar-refractivity contribution in [1.82, 2.24) is 29.5 Å². The zero-order valence-electron chi connectivity index (χ0n) is 20.2. The number of nitrogens with one attached hydrogen (secondary N) is 1. The van der Waals surface area contributed by atoms with E-state index in [2.05, 4.69) is 20.5 Å². The van der Waals surface area contributed by atoms with Crippen LogP contribution in [-0.4, -0.2) is 61.7 Å². The van der Waals surface area contributed by atoms with Crippen molar-refractivity contribution in [3.63, 3.8) is 0 Å². The van der Waals surface area contributed by atoms with E-state index >= 15 is 0 Å². The van der Waals surface area contributed by atoms with Gasteiger partial charge in [0.05, 0.1) is 12.7 Å². The molecule has 2 aliphatic rings. The lowest BCUT2D eigenvalue weighted by atomic mass is 10.0. The number of hydrogen-bond donors (Lipinski definition) is 1. The van der Waals surface area contributed by atoms with E-state index < -0.39 is 0 Å². The number of fused-ring (bicyclic) bond motifs is 1. The van der Waals surface area contributed by atoms with Crippen LogP contribution < -0.4 is 10.1 Å². The average Bonchev–Trinajstić information content (AvgIpc) is 3.63. The average molecular weight is 476 g/mol. The molecule has 3 aromatic rings. The molecule has 35 heavy (non-hydrogen) atoms. The van der Waals surface area contributed by atoms with Gasteiger partial charge in [0.2, 0.25) is 0 Å². The van der Waals surface area contributed by atoms with Crippen LogP contribution in [0.1, 0.15) is 54.2 Å². The van der Waals surface area contributed by atoms with Crippen LogP contribution in [0.25, 0.3) is 11.5 Å². The van der Waals surface area contributed by atoms with Crippen LogP contribution in [0.5, 0.6) is 5.75 Å². The van der Waals surface area contributed by atoms with Gasteiger partial charge in [-0.3, -0.25) is 4.79 Å². The Labute approximate surface area is 203 Å². The highest BCUT2D eigenvalue weighted by Gasteiger charge is 2.30. The molecule has 0 aliphatic carbocycles. The first-order valence-corrected chi connectivity index (χ1v) is 11.9. The van der Waals surface area contributed by atoms with Crippen LogP contribution in [0.2, 0.25) is 0 Å². The van der Waals surface area contributed by atoms with Crippen molar-refractivity contribution in [1.29, 1.82) is 0 Å². The van der Waals surface area contributed by atoms with Gasteiger partial charge in [-0.25, -0.2) is 9.78 Å². The zero-order valence-corrected chi connectivity index (χ0v) is 20.2. The number of carbonyl (C=O) groups is 2. The maximum absolute atomic E-state index is 13.2. The Morgan fingerprint density at radius 2 is 1.80 bits per heavy atom. The van der Waals surface area contributed by atoms with Crippen molar-refractivity contribution >= 4 is 17.8 Å². The summed E-state index contributed by atoms with van der Waals surface area (Å²) in [6, 6.07) is 9.29. The van der Waals surface area contributed by atoms with Crippen molar-refractivity contribution in [2.24, 2.45) is 0 Å². The van der Waals surface area contributed by atoms with Crippen LogP contribution >= 0.6 is 0 Å². The van der Waals surface area contributed by atoms with E-state index in [0.29, 0.717) is 41.7 Å². The summed E-state index contributed by atoms with van der Waals surface area (Å²) in [5.74, 6) is 1.17. The molecule has 1 N–H and O–H groups in total. The van der Waals surface area contributed by atoms with Gasteiger partial charge in [0.15, 0.2) is 5.82 Å². The standard InChI is InChI=1S/C25H29N7O3/c1-16(2)32-15-26-29-23(32)20-7-6-8-22(27-20)28-24(33)19-11-17-13-31(14-18(17)12-21(19)35-3)25(34)30-9-4-5-10-30/h6-8,11-12,15-16H,4-5,9-10,13-14H2,1-3H3,(H,27,28,33). The zero-order chi connectivity index (χ0) is 24.5. The predicted octanol–water partition coefficient (Wildman–Crippen LogP) is 3.71. The first-order chi connectivity index (χ1) is 16.9. The number of amides is 3. The number of urea groups is 1. The van der Waals surface area contributed by atoms with Gasteiger partial charge in [-0.05, 0) is 62.1 Å². The summed E-state index contributed by atoms with van der Waals surface area (Å²) < 4.78 is 7.46. The summed E-state index contributed by atoms with van der Waals surface area (Å²) in [7, 11) is 1.54. The minimum absolute atomic E-state index is 0.0546. The molecule has 0 saturated carbocycles. The van der Waals surface area contributed by atoms with Gasteiger partial charge in [0.1, 0.15) is 23.6 Å². The molecule has 2 aliphatic heterocycles. The Hall–Kier alpha value is -3.95. The second kappa shape index (κ2) is 9.36. The maximum atomic E-state index is 13.2. The summed E-state index contributed by atoms with van der Waals surface area (Å²) >= 11 is 0. The van der Waals surface area contributed by atoms with E-state index in [0.717, 1.165) is 37.1 Å². The number of likely N-dealkylation sites (tertiary alicyclic amines) is 1. The van der Waals surface area contributed by atoms with Gasteiger partial charge in [-0.1, -0.05) is 6.07 Å². The summed E-state index contributed by atoms with van der Waals surface area (Å²) in [6.07, 6.45) is 3.77. The van der Waals surface area contributed by atoms with Crippen LogP contribution in [-0.2, 0) is 13.1 Å². The second-order valence-corrected chi connectivity index (χ2v) is 9.17. The first-order valence-electron chi connectivity index (χ1n) is 11.9. The summed E-state index contributed by atoms with van der Waals surface area (Å²) in [4.78, 5) is 34.4. The normalized spacial score (nSPS) is 15.0. The molecule has 4 heterocycles. The number of rotatable bonds is 5. The molecular formula is C25H29N7O3. The molecule has 2 aromatic heterocycles. The van der Waals surface area contributed by atoms with Crippen molar-refractivity contribution in [3.8, 4) is 17.3 Å². The molecule has 5 rings (SSSR count). The van der Waals surface area contributed by atoms with Crippen LogP contribution in [0.3, 0.4) is 0 Å². The summed E-state index contributed by atoms with van der Waals surface area (Å²) in [5, 5.41) is 11.1. The Kier molecular flexibility index (Phi) is 6.10. The van der Waals surface area contributed by atoms with E-state index in [1.807, 2.05) is 52.5 Å². The fraction of sp³-hybridized carbons (Fsp3) is 0.400. The van der Waals surface area contributed by atoms with Crippen molar-refractivity contribution in [2.45, 2.75) is 45.8 Å². The Morgan fingerprint density at radius 1 is 1.06 bits per heavy atom. The number of nitrogens with zero attached hydrogens (tertiary/aromatic N) is 6. The molecule has 0 spiro atoms. The SMILES string of the molecule is COc1cc2c(cc1C(=O)Nc1cccc(-c3nncn3C(C)C)n1)CN(C(=O)N1CCCC1)C2.